The Hall–Kier alpha value is -2.87. The third kappa shape index (κ3) is 3.73. The van der Waals surface area contributed by atoms with E-state index in [0.717, 1.165) is 5.56 Å². The quantitative estimate of drug-likeness (QED) is 0.836. The minimum absolute atomic E-state index is 0.0178. The standard InChI is InChI=1S/C20H19F3N2O3/c1-13-6-8-14(9-7-13)16-12-19(28,20(21,22)23)25(24-16)18(27)11-10-15-4-2-3-5-17(15)26/h2-9,26,28H,10-12H2,1H3/t19-/m0/s1. The summed E-state index contributed by atoms with van der Waals surface area (Å²) in [4.78, 5) is 12.5. The van der Waals surface area contributed by atoms with E-state index < -0.39 is 24.2 Å². The van der Waals surface area contributed by atoms with Gasteiger partial charge in [-0.2, -0.15) is 23.3 Å². The number of hydrogen-bond acceptors (Lipinski definition) is 4. The molecule has 0 saturated heterocycles. The third-order valence-electron chi connectivity index (χ3n) is 4.66. The number of para-hydroxylation sites is 1. The van der Waals surface area contributed by atoms with Crippen LogP contribution in [0.2, 0.25) is 0 Å². The van der Waals surface area contributed by atoms with Gasteiger partial charge < -0.3 is 10.2 Å². The van der Waals surface area contributed by atoms with Gasteiger partial charge in [-0.3, -0.25) is 4.79 Å². The molecule has 1 aliphatic rings. The molecule has 5 nitrogen and oxygen atoms in total. The van der Waals surface area contributed by atoms with Gasteiger partial charge in [-0.05, 0) is 30.5 Å². The van der Waals surface area contributed by atoms with Crippen LogP contribution in [0.25, 0.3) is 0 Å². The molecule has 0 aromatic heterocycles. The highest BCUT2D eigenvalue weighted by Crippen LogP contribution is 2.41. The highest BCUT2D eigenvalue weighted by Gasteiger charge is 2.63. The molecule has 0 spiro atoms. The summed E-state index contributed by atoms with van der Waals surface area (Å²) >= 11 is 0. The van der Waals surface area contributed by atoms with Crippen molar-refractivity contribution in [1.82, 2.24) is 5.01 Å². The number of hydrogen-bond donors (Lipinski definition) is 2. The molecule has 0 unspecified atom stereocenters. The highest BCUT2D eigenvalue weighted by molar-refractivity contribution is 6.03. The Morgan fingerprint density at radius 3 is 2.43 bits per heavy atom. The van der Waals surface area contributed by atoms with Crippen molar-refractivity contribution in [2.24, 2.45) is 5.10 Å². The molecular formula is C20H19F3N2O3. The third-order valence-corrected chi connectivity index (χ3v) is 4.66. The molecule has 1 heterocycles. The number of amides is 1. The number of aliphatic hydroxyl groups is 1. The Labute approximate surface area is 159 Å². The molecule has 1 atom stereocenters. The Morgan fingerprint density at radius 2 is 1.82 bits per heavy atom. The SMILES string of the molecule is Cc1ccc(C2=NN(C(=O)CCc3ccccc3O)[C@@](O)(C(F)(F)F)C2)cc1. The number of benzene rings is 2. The summed E-state index contributed by atoms with van der Waals surface area (Å²) in [5.74, 6) is -1.03. The Balaban J connectivity index is 1.86. The van der Waals surface area contributed by atoms with E-state index in [1.807, 2.05) is 6.92 Å². The zero-order valence-corrected chi connectivity index (χ0v) is 15.1. The van der Waals surface area contributed by atoms with E-state index in [-0.39, 0.29) is 29.3 Å². The lowest BCUT2D eigenvalue weighted by Crippen LogP contribution is -2.56. The van der Waals surface area contributed by atoms with Crippen LogP contribution in [0.3, 0.4) is 0 Å². The number of aromatic hydroxyl groups is 1. The van der Waals surface area contributed by atoms with Crippen LogP contribution in [-0.4, -0.2) is 38.7 Å². The summed E-state index contributed by atoms with van der Waals surface area (Å²) in [6, 6.07) is 12.9. The Morgan fingerprint density at radius 1 is 1.18 bits per heavy atom. The van der Waals surface area contributed by atoms with E-state index >= 15 is 0 Å². The molecule has 2 aromatic carbocycles. The van der Waals surface area contributed by atoms with E-state index in [0.29, 0.717) is 11.1 Å². The molecule has 3 rings (SSSR count). The summed E-state index contributed by atoms with van der Waals surface area (Å²) in [5.41, 5.74) is -1.67. The van der Waals surface area contributed by atoms with Crippen molar-refractivity contribution in [2.45, 2.75) is 38.1 Å². The fourth-order valence-corrected chi connectivity index (χ4v) is 3.01. The van der Waals surface area contributed by atoms with Gasteiger partial charge in [0.25, 0.3) is 5.72 Å². The Bertz CT molecular complexity index is 910. The first-order chi connectivity index (χ1) is 13.1. The molecular weight excluding hydrogens is 373 g/mol. The topological polar surface area (TPSA) is 73.1 Å². The molecule has 0 bridgehead atoms. The minimum atomic E-state index is -5.08. The predicted octanol–water partition coefficient (Wildman–Crippen LogP) is 3.52. The zero-order chi connectivity index (χ0) is 20.5. The number of carbonyl (C=O) groups is 1. The van der Waals surface area contributed by atoms with E-state index in [1.54, 1.807) is 42.5 Å². The average molecular weight is 392 g/mol. The van der Waals surface area contributed by atoms with E-state index in [1.165, 1.54) is 6.07 Å². The van der Waals surface area contributed by atoms with Gasteiger partial charge in [0, 0.05) is 6.42 Å². The largest absolute Gasteiger partial charge is 0.508 e. The zero-order valence-electron chi connectivity index (χ0n) is 15.1. The summed E-state index contributed by atoms with van der Waals surface area (Å²) in [5, 5.41) is 24.0. The number of aryl methyl sites for hydroxylation is 2. The van der Waals surface area contributed by atoms with Crippen LogP contribution in [0.1, 0.15) is 29.5 Å². The maximum atomic E-state index is 13.6. The number of phenols is 1. The van der Waals surface area contributed by atoms with Crippen molar-refractivity contribution < 1.29 is 28.2 Å². The van der Waals surface area contributed by atoms with E-state index in [9.17, 15) is 28.2 Å². The molecule has 148 valence electrons. The number of hydrazone groups is 1. The molecule has 0 saturated carbocycles. The number of rotatable bonds is 4. The van der Waals surface area contributed by atoms with E-state index in [2.05, 4.69) is 5.10 Å². The number of carbonyl (C=O) groups excluding carboxylic acids is 1. The van der Waals surface area contributed by atoms with Gasteiger partial charge in [0.05, 0.1) is 12.1 Å². The normalized spacial score (nSPS) is 19.6. The van der Waals surface area contributed by atoms with Crippen LogP contribution in [-0.2, 0) is 11.2 Å². The van der Waals surface area contributed by atoms with Crippen molar-refractivity contribution in [3.05, 3.63) is 65.2 Å². The maximum Gasteiger partial charge on any atom is 0.438 e. The summed E-state index contributed by atoms with van der Waals surface area (Å²) in [7, 11) is 0. The van der Waals surface area contributed by atoms with Crippen molar-refractivity contribution in [1.29, 1.82) is 0 Å². The fraction of sp³-hybridized carbons (Fsp3) is 0.300. The minimum Gasteiger partial charge on any atom is -0.508 e. The molecule has 2 aromatic rings. The van der Waals surface area contributed by atoms with Gasteiger partial charge in [0.2, 0.25) is 5.91 Å². The number of nitrogens with zero attached hydrogens (tertiary/aromatic N) is 2. The molecule has 0 aliphatic carbocycles. The van der Waals surface area contributed by atoms with Crippen molar-refractivity contribution >= 4 is 11.6 Å². The first-order valence-electron chi connectivity index (χ1n) is 8.65. The van der Waals surface area contributed by atoms with Crippen LogP contribution in [0, 0.1) is 6.92 Å². The van der Waals surface area contributed by atoms with Crippen molar-refractivity contribution in [2.75, 3.05) is 0 Å². The second kappa shape index (κ2) is 7.27. The van der Waals surface area contributed by atoms with Crippen LogP contribution in [0.15, 0.2) is 53.6 Å². The van der Waals surface area contributed by atoms with Gasteiger partial charge >= 0.3 is 6.18 Å². The van der Waals surface area contributed by atoms with Gasteiger partial charge in [-0.25, -0.2) is 0 Å². The molecule has 1 aliphatic heterocycles. The Kier molecular flexibility index (Phi) is 5.16. The van der Waals surface area contributed by atoms with Gasteiger partial charge in [0.15, 0.2) is 0 Å². The molecule has 2 N–H and O–H groups in total. The number of halogens is 3. The molecule has 0 radical (unpaired) electrons. The highest BCUT2D eigenvalue weighted by atomic mass is 19.4. The van der Waals surface area contributed by atoms with Crippen LogP contribution >= 0.6 is 0 Å². The number of alkyl halides is 3. The van der Waals surface area contributed by atoms with Crippen molar-refractivity contribution in [3.8, 4) is 5.75 Å². The van der Waals surface area contributed by atoms with Gasteiger partial charge in [0.1, 0.15) is 5.75 Å². The molecule has 0 fully saturated rings. The molecule has 8 heteroatoms. The predicted molar refractivity (Wildman–Crippen MR) is 96.6 cm³/mol. The second-order valence-corrected chi connectivity index (χ2v) is 6.74. The van der Waals surface area contributed by atoms with Crippen LogP contribution in [0.4, 0.5) is 13.2 Å². The summed E-state index contributed by atoms with van der Waals surface area (Å²) in [6.07, 6.45) is -6.25. The molecule has 28 heavy (non-hydrogen) atoms. The lowest BCUT2D eigenvalue weighted by Gasteiger charge is -2.32. The lowest BCUT2D eigenvalue weighted by atomic mass is 10.00. The number of phenolic OH excluding ortho intramolecular Hbond substituents is 1. The first-order valence-corrected chi connectivity index (χ1v) is 8.65. The van der Waals surface area contributed by atoms with Gasteiger partial charge in [-0.15, -0.1) is 0 Å². The van der Waals surface area contributed by atoms with Crippen molar-refractivity contribution in [3.63, 3.8) is 0 Å². The summed E-state index contributed by atoms with van der Waals surface area (Å²) < 4.78 is 40.7. The average Bonchev–Trinajstić information content (AvgIpc) is 3.00. The first kappa shape index (κ1) is 19.9. The summed E-state index contributed by atoms with van der Waals surface area (Å²) in [6.45, 7) is 1.83. The fourth-order valence-electron chi connectivity index (χ4n) is 3.01. The smallest absolute Gasteiger partial charge is 0.438 e. The molecule has 1 amide bonds. The second-order valence-electron chi connectivity index (χ2n) is 6.74. The maximum absolute atomic E-state index is 13.6. The monoisotopic (exact) mass is 392 g/mol. The lowest BCUT2D eigenvalue weighted by molar-refractivity contribution is -0.302. The van der Waals surface area contributed by atoms with Crippen LogP contribution in [0.5, 0.6) is 5.75 Å². The van der Waals surface area contributed by atoms with E-state index in [4.69, 9.17) is 0 Å². The van der Waals surface area contributed by atoms with Crippen LogP contribution < -0.4 is 0 Å². The van der Waals surface area contributed by atoms with Gasteiger partial charge in [-0.1, -0.05) is 48.0 Å².